The predicted octanol–water partition coefficient (Wildman–Crippen LogP) is 3.97. The molecule has 0 bridgehead atoms. The molecule has 0 spiro atoms. The first kappa shape index (κ1) is 15.7. The van der Waals surface area contributed by atoms with Crippen molar-refractivity contribution in [1.82, 2.24) is 14.9 Å². The number of carbonyl (C=O) groups excluding carboxylic acids is 1. The molecule has 0 saturated heterocycles. The molecular weight excluding hydrogens is 401 g/mol. The van der Waals surface area contributed by atoms with Crippen LogP contribution in [-0.2, 0) is 0 Å². The molecule has 1 N–H and O–H groups in total. The van der Waals surface area contributed by atoms with Gasteiger partial charge in [0.2, 0.25) is 0 Å². The van der Waals surface area contributed by atoms with Crippen molar-refractivity contribution in [1.29, 1.82) is 0 Å². The Hall–Kier alpha value is -2.15. The van der Waals surface area contributed by atoms with Crippen LogP contribution in [0.3, 0.4) is 0 Å². The highest BCUT2D eigenvalue weighted by Gasteiger charge is 2.15. The average Bonchev–Trinajstić information content (AvgIpc) is 3.05. The van der Waals surface area contributed by atoms with Gasteiger partial charge in [0.1, 0.15) is 5.69 Å². The maximum atomic E-state index is 12.6. The van der Waals surface area contributed by atoms with Crippen LogP contribution in [-0.4, -0.2) is 15.5 Å². The fourth-order valence-electron chi connectivity index (χ4n) is 2.42. The Balaban J connectivity index is 1.83. The molecule has 0 radical (unpaired) electrons. The lowest BCUT2D eigenvalue weighted by molar-refractivity contribution is 0.0933. The molecule has 0 aliphatic heterocycles. The van der Waals surface area contributed by atoms with Crippen LogP contribution in [0.5, 0.6) is 0 Å². The van der Waals surface area contributed by atoms with E-state index in [0.717, 1.165) is 14.8 Å². The highest BCUT2D eigenvalue weighted by molar-refractivity contribution is 14.1. The van der Waals surface area contributed by atoms with Gasteiger partial charge in [-0.15, -0.1) is 0 Å². The lowest BCUT2D eigenvalue weighted by atomic mass is 10.1. The van der Waals surface area contributed by atoms with E-state index >= 15 is 0 Å². The molecule has 116 valence electrons. The number of hydrogen-bond donors (Lipinski definition) is 1. The highest BCUT2D eigenvalue weighted by atomic mass is 127. The Morgan fingerprint density at radius 1 is 1.17 bits per heavy atom. The summed E-state index contributed by atoms with van der Waals surface area (Å²) in [5, 5.41) is 3.03. The number of rotatable bonds is 4. The third-order valence-electron chi connectivity index (χ3n) is 3.62. The van der Waals surface area contributed by atoms with Crippen LogP contribution in [0.25, 0.3) is 5.69 Å². The monoisotopic (exact) mass is 417 g/mol. The molecule has 5 heteroatoms. The van der Waals surface area contributed by atoms with Crippen molar-refractivity contribution in [2.75, 3.05) is 0 Å². The Kier molecular flexibility index (Phi) is 4.76. The van der Waals surface area contributed by atoms with E-state index in [2.05, 4.69) is 32.9 Å². The van der Waals surface area contributed by atoms with Gasteiger partial charge >= 0.3 is 0 Å². The van der Waals surface area contributed by atoms with Gasteiger partial charge in [-0.3, -0.25) is 9.78 Å². The van der Waals surface area contributed by atoms with E-state index in [0.29, 0.717) is 5.69 Å². The van der Waals surface area contributed by atoms with E-state index < -0.39 is 0 Å². The largest absolute Gasteiger partial charge is 0.344 e. The first-order chi connectivity index (χ1) is 11.1. The van der Waals surface area contributed by atoms with Crippen LogP contribution in [0.4, 0.5) is 0 Å². The summed E-state index contributed by atoms with van der Waals surface area (Å²) in [7, 11) is 0. The number of hydrogen-bond acceptors (Lipinski definition) is 2. The second-order valence-electron chi connectivity index (χ2n) is 5.22. The second-order valence-corrected chi connectivity index (χ2v) is 6.46. The smallest absolute Gasteiger partial charge is 0.268 e. The van der Waals surface area contributed by atoms with E-state index in [9.17, 15) is 4.79 Å². The van der Waals surface area contributed by atoms with Crippen molar-refractivity contribution in [3.05, 3.63) is 81.9 Å². The summed E-state index contributed by atoms with van der Waals surface area (Å²) in [4.78, 5) is 16.6. The third-order valence-corrected chi connectivity index (χ3v) is 4.29. The molecule has 3 aromatic rings. The van der Waals surface area contributed by atoms with E-state index in [1.165, 1.54) is 0 Å². The van der Waals surface area contributed by atoms with Gasteiger partial charge in [0.15, 0.2) is 0 Å². The number of halogens is 1. The van der Waals surface area contributed by atoms with E-state index in [-0.39, 0.29) is 11.9 Å². The van der Waals surface area contributed by atoms with Crippen molar-refractivity contribution >= 4 is 28.5 Å². The molecule has 3 rings (SSSR count). The van der Waals surface area contributed by atoms with Crippen molar-refractivity contribution in [2.45, 2.75) is 13.0 Å². The number of aromatic nitrogens is 2. The van der Waals surface area contributed by atoms with Crippen molar-refractivity contribution in [3.8, 4) is 5.69 Å². The molecule has 1 unspecified atom stereocenters. The Bertz CT molecular complexity index is 814. The number of carbonyl (C=O) groups is 1. The van der Waals surface area contributed by atoms with Gasteiger partial charge in [-0.1, -0.05) is 6.07 Å². The Labute approximate surface area is 148 Å². The number of benzene rings is 1. The number of nitrogens with one attached hydrogen (secondary N) is 1. The summed E-state index contributed by atoms with van der Waals surface area (Å²) in [5.74, 6) is -0.0989. The summed E-state index contributed by atoms with van der Waals surface area (Å²) in [6.07, 6.45) is 5.36. The topological polar surface area (TPSA) is 46.9 Å². The third kappa shape index (κ3) is 3.61. The van der Waals surface area contributed by atoms with Gasteiger partial charge in [0.05, 0.1) is 6.04 Å². The van der Waals surface area contributed by atoms with Gasteiger partial charge in [-0.2, -0.15) is 0 Å². The SMILES string of the molecule is CC(NC(=O)c1cccn1-c1cccc(I)c1)c1ccncc1. The highest BCUT2D eigenvalue weighted by Crippen LogP contribution is 2.17. The van der Waals surface area contributed by atoms with Gasteiger partial charge in [0, 0.05) is 27.8 Å². The minimum absolute atomic E-state index is 0.0789. The van der Waals surface area contributed by atoms with Crippen molar-refractivity contribution in [3.63, 3.8) is 0 Å². The normalized spacial score (nSPS) is 11.9. The average molecular weight is 417 g/mol. The van der Waals surface area contributed by atoms with Crippen molar-refractivity contribution < 1.29 is 4.79 Å². The molecule has 2 heterocycles. The zero-order valence-corrected chi connectivity index (χ0v) is 14.8. The second kappa shape index (κ2) is 6.95. The molecule has 0 saturated carbocycles. The quantitative estimate of drug-likeness (QED) is 0.654. The molecule has 0 aliphatic rings. The van der Waals surface area contributed by atoms with Crippen LogP contribution in [0.1, 0.15) is 29.0 Å². The van der Waals surface area contributed by atoms with E-state index in [1.54, 1.807) is 12.4 Å². The molecule has 23 heavy (non-hydrogen) atoms. The zero-order chi connectivity index (χ0) is 16.2. The molecule has 1 atom stereocenters. The van der Waals surface area contributed by atoms with Crippen molar-refractivity contribution in [2.24, 2.45) is 0 Å². The number of amides is 1. The molecule has 2 aromatic heterocycles. The molecule has 0 fully saturated rings. The van der Waals surface area contributed by atoms with E-state index in [4.69, 9.17) is 0 Å². The summed E-state index contributed by atoms with van der Waals surface area (Å²) >= 11 is 2.27. The molecule has 1 aromatic carbocycles. The molecule has 4 nitrogen and oxygen atoms in total. The number of pyridine rings is 1. The first-order valence-corrected chi connectivity index (χ1v) is 8.37. The maximum Gasteiger partial charge on any atom is 0.268 e. The summed E-state index contributed by atoms with van der Waals surface area (Å²) in [6.45, 7) is 1.96. The van der Waals surface area contributed by atoms with Gasteiger partial charge in [-0.05, 0) is 77.5 Å². The minimum Gasteiger partial charge on any atom is -0.344 e. The standard InChI is InChI=1S/C18H16IN3O/c1-13(14-7-9-20-10-8-14)21-18(23)17-6-3-11-22(17)16-5-2-4-15(19)12-16/h2-13H,1H3,(H,21,23). The fraction of sp³-hybridized carbons (Fsp3) is 0.111. The lowest BCUT2D eigenvalue weighted by Crippen LogP contribution is -2.28. The van der Waals surface area contributed by atoms with Crippen LogP contribution >= 0.6 is 22.6 Å². The predicted molar refractivity (Wildman–Crippen MR) is 98.6 cm³/mol. The zero-order valence-electron chi connectivity index (χ0n) is 12.6. The van der Waals surface area contributed by atoms with Gasteiger partial charge in [0.25, 0.3) is 5.91 Å². The molecule has 1 amide bonds. The van der Waals surface area contributed by atoms with Crippen LogP contribution < -0.4 is 5.32 Å². The first-order valence-electron chi connectivity index (χ1n) is 7.29. The summed E-state index contributed by atoms with van der Waals surface area (Å²) < 4.78 is 3.03. The van der Waals surface area contributed by atoms with Gasteiger partial charge < -0.3 is 9.88 Å². The number of nitrogens with zero attached hydrogens (tertiary/aromatic N) is 2. The summed E-state index contributed by atoms with van der Waals surface area (Å²) in [6, 6.07) is 15.5. The molecular formula is C18H16IN3O. The van der Waals surface area contributed by atoms with E-state index in [1.807, 2.05) is 66.2 Å². The Morgan fingerprint density at radius 2 is 1.96 bits per heavy atom. The van der Waals surface area contributed by atoms with Crippen LogP contribution in [0.2, 0.25) is 0 Å². The van der Waals surface area contributed by atoms with Crippen LogP contribution in [0.15, 0.2) is 67.1 Å². The Morgan fingerprint density at radius 3 is 2.70 bits per heavy atom. The fourth-order valence-corrected chi connectivity index (χ4v) is 2.95. The molecule has 0 aliphatic carbocycles. The maximum absolute atomic E-state index is 12.6. The lowest BCUT2D eigenvalue weighted by Gasteiger charge is -2.15. The van der Waals surface area contributed by atoms with Crippen LogP contribution in [0, 0.1) is 3.57 Å². The summed E-state index contributed by atoms with van der Waals surface area (Å²) in [5.41, 5.74) is 2.62. The minimum atomic E-state index is -0.0989. The van der Waals surface area contributed by atoms with Gasteiger partial charge in [-0.25, -0.2) is 0 Å².